The molecule has 5 heteroatoms. The summed E-state index contributed by atoms with van der Waals surface area (Å²) in [6.45, 7) is 1.11. The first-order valence-electron chi connectivity index (χ1n) is 5.01. The molecule has 0 saturated heterocycles. The van der Waals surface area contributed by atoms with Gasteiger partial charge in [0.15, 0.2) is 0 Å². The van der Waals surface area contributed by atoms with Gasteiger partial charge in [0.1, 0.15) is 0 Å². The van der Waals surface area contributed by atoms with Crippen LogP contribution in [0.1, 0.15) is 12.0 Å². The van der Waals surface area contributed by atoms with Crippen LogP contribution < -0.4 is 16.4 Å². The van der Waals surface area contributed by atoms with E-state index in [1.807, 2.05) is 6.07 Å². The van der Waals surface area contributed by atoms with Gasteiger partial charge in [-0.15, -0.1) is 0 Å². The minimum Gasteiger partial charge on any atom is -0.338 e. The van der Waals surface area contributed by atoms with E-state index in [0.29, 0.717) is 24.3 Å². The van der Waals surface area contributed by atoms with Crippen molar-refractivity contribution in [1.29, 1.82) is 5.26 Å². The van der Waals surface area contributed by atoms with E-state index in [0.717, 1.165) is 6.42 Å². The van der Waals surface area contributed by atoms with Crippen molar-refractivity contribution in [2.45, 2.75) is 6.42 Å². The molecule has 0 fully saturated rings. The molecule has 0 bridgehead atoms. The number of nitrogens with two attached hydrogens (primary N) is 1. The van der Waals surface area contributed by atoms with Crippen molar-refractivity contribution in [3.05, 3.63) is 29.8 Å². The van der Waals surface area contributed by atoms with Crippen molar-refractivity contribution in [2.75, 3.05) is 18.4 Å². The van der Waals surface area contributed by atoms with Crippen LogP contribution in [0.3, 0.4) is 0 Å². The number of hydrogen-bond donors (Lipinski definition) is 3. The first-order valence-corrected chi connectivity index (χ1v) is 5.01. The molecule has 2 amide bonds. The summed E-state index contributed by atoms with van der Waals surface area (Å²) >= 11 is 0. The monoisotopic (exact) mass is 218 g/mol. The zero-order valence-electron chi connectivity index (χ0n) is 8.86. The van der Waals surface area contributed by atoms with Crippen LogP contribution in [0.25, 0.3) is 0 Å². The number of rotatable bonds is 4. The molecular formula is C11H14N4O. The number of carbonyl (C=O) groups is 1. The largest absolute Gasteiger partial charge is 0.338 e. The summed E-state index contributed by atoms with van der Waals surface area (Å²) in [5, 5.41) is 13.9. The molecule has 0 aliphatic carbocycles. The average Bonchev–Trinajstić information content (AvgIpc) is 2.30. The average molecular weight is 218 g/mol. The molecule has 0 aliphatic rings. The standard InChI is InChI=1S/C11H14N4O/c12-6-1-7-14-11(16)15-10-4-2-9(8-13)3-5-10/h2-5H,1,6-7,12H2,(H2,14,15,16). The Balaban J connectivity index is 2.41. The Bertz CT molecular complexity index is 380. The Labute approximate surface area is 94.2 Å². The SMILES string of the molecule is N#Cc1ccc(NC(=O)NCCCN)cc1. The molecular weight excluding hydrogens is 204 g/mol. The molecule has 16 heavy (non-hydrogen) atoms. The first kappa shape index (κ1) is 12.0. The minimum absolute atomic E-state index is 0.266. The van der Waals surface area contributed by atoms with Gasteiger partial charge in [-0.3, -0.25) is 0 Å². The predicted molar refractivity (Wildman–Crippen MR) is 61.8 cm³/mol. The molecule has 0 aromatic heterocycles. The van der Waals surface area contributed by atoms with E-state index in [9.17, 15) is 4.79 Å². The third-order valence-corrected chi connectivity index (χ3v) is 1.94. The van der Waals surface area contributed by atoms with Gasteiger partial charge < -0.3 is 16.4 Å². The number of carbonyl (C=O) groups excluding carboxylic acids is 1. The lowest BCUT2D eigenvalue weighted by Crippen LogP contribution is -2.30. The number of amides is 2. The number of nitriles is 1. The summed E-state index contributed by atoms with van der Waals surface area (Å²) in [7, 11) is 0. The van der Waals surface area contributed by atoms with Gasteiger partial charge in [0.05, 0.1) is 11.6 Å². The molecule has 0 aliphatic heterocycles. The fourth-order valence-corrected chi connectivity index (χ4v) is 1.11. The highest BCUT2D eigenvalue weighted by molar-refractivity contribution is 5.89. The molecule has 0 atom stereocenters. The normalized spacial score (nSPS) is 9.25. The fraction of sp³-hybridized carbons (Fsp3) is 0.273. The first-order chi connectivity index (χ1) is 7.76. The Hall–Kier alpha value is -2.06. The van der Waals surface area contributed by atoms with Crippen LogP contribution in [-0.4, -0.2) is 19.1 Å². The van der Waals surface area contributed by atoms with E-state index in [2.05, 4.69) is 10.6 Å². The molecule has 0 spiro atoms. The second-order valence-corrected chi connectivity index (χ2v) is 3.21. The second kappa shape index (κ2) is 6.43. The van der Waals surface area contributed by atoms with Crippen LogP contribution in [0.4, 0.5) is 10.5 Å². The van der Waals surface area contributed by atoms with Crippen LogP contribution in [0.5, 0.6) is 0 Å². The van der Waals surface area contributed by atoms with Gasteiger partial charge in [0, 0.05) is 12.2 Å². The number of hydrogen-bond acceptors (Lipinski definition) is 3. The van der Waals surface area contributed by atoms with Crippen molar-refractivity contribution >= 4 is 11.7 Å². The maximum atomic E-state index is 11.3. The summed E-state index contributed by atoms with van der Waals surface area (Å²) in [5.41, 5.74) is 6.52. The van der Waals surface area contributed by atoms with Crippen molar-refractivity contribution in [1.82, 2.24) is 5.32 Å². The van der Waals surface area contributed by atoms with Gasteiger partial charge in [-0.25, -0.2) is 4.79 Å². The zero-order valence-corrected chi connectivity index (χ0v) is 8.86. The predicted octanol–water partition coefficient (Wildman–Crippen LogP) is 1.03. The molecule has 84 valence electrons. The maximum Gasteiger partial charge on any atom is 0.319 e. The number of urea groups is 1. The quantitative estimate of drug-likeness (QED) is 0.659. The van der Waals surface area contributed by atoms with Gasteiger partial charge in [-0.05, 0) is 37.2 Å². The summed E-state index contributed by atoms with van der Waals surface area (Å²) in [5.74, 6) is 0. The number of anilines is 1. The zero-order chi connectivity index (χ0) is 11.8. The van der Waals surface area contributed by atoms with Crippen LogP contribution in [-0.2, 0) is 0 Å². The molecule has 0 saturated carbocycles. The molecule has 1 aromatic rings. The summed E-state index contributed by atoms with van der Waals surface area (Å²) in [4.78, 5) is 11.3. The van der Waals surface area contributed by atoms with Gasteiger partial charge in [-0.1, -0.05) is 0 Å². The third-order valence-electron chi connectivity index (χ3n) is 1.94. The molecule has 0 radical (unpaired) electrons. The Morgan fingerprint density at radius 3 is 2.62 bits per heavy atom. The molecule has 0 heterocycles. The van der Waals surface area contributed by atoms with Crippen LogP contribution in [0.2, 0.25) is 0 Å². The summed E-state index contributed by atoms with van der Waals surface area (Å²) in [6.07, 6.45) is 0.751. The minimum atomic E-state index is -0.266. The van der Waals surface area contributed by atoms with Gasteiger partial charge >= 0.3 is 6.03 Å². The van der Waals surface area contributed by atoms with E-state index in [-0.39, 0.29) is 6.03 Å². The smallest absolute Gasteiger partial charge is 0.319 e. The van der Waals surface area contributed by atoms with E-state index < -0.39 is 0 Å². The highest BCUT2D eigenvalue weighted by Crippen LogP contribution is 2.08. The maximum absolute atomic E-state index is 11.3. The lowest BCUT2D eigenvalue weighted by atomic mass is 10.2. The Kier molecular flexibility index (Phi) is 4.83. The highest BCUT2D eigenvalue weighted by atomic mass is 16.2. The molecule has 0 unspecified atom stereocenters. The lowest BCUT2D eigenvalue weighted by molar-refractivity contribution is 0.252. The van der Waals surface area contributed by atoms with Gasteiger partial charge in [0.2, 0.25) is 0 Å². The van der Waals surface area contributed by atoms with Gasteiger partial charge in [-0.2, -0.15) is 5.26 Å². The van der Waals surface area contributed by atoms with Crippen LogP contribution in [0.15, 0.2) is 24.3 Å². The molecule has 1 rings (SSSR count). The Morgan fingerprint density at radius 2 is 2.06 bits per heavy atom. The van der Waals surface area contributed by atoms with E-state index in [1.54, 1.807) is 24.3 Å². The van der Waals surface area contributed by atoms with E-state index in [4.69, 9.17) is 11.0 Å². The summed E-state index contributed by atoms with van der Waals surface area (Å²) in [6, 6.07) is 8.40. The van der Waals surface area contributed by atoms with Crippen molar-refractivity contribution in [3.63, 3.8) is 0 Å². The highest BCUT2D eigenvalue weighted by Gasteiger charge is 2.00. The van der Waals surface area contributed by atoms with Gasteiger partial charge in [0.25, 0.3) is 0 Å². The number of nitrogens with zero attached hydrogens (tertiary/aromatic N) is 1. The third kappa shape index (κ3) is 3.98. The lowest BCUT2D eigenvalue weighted by Gasteiger charge is -2.06. The molecule has 5 nitrogen and oxygen atoms in total. The number of benzene rings is 1. The van der Waals surface area contributed by atoms with Crippen molar-refractivity contribution < 1.29 is 4.79 Å². The topological polar surface area (TPSA) is 90.9 Å². The number of nitrogens with one attached hydrogen (secondary N) is 2. The second-order valence-electron chi connectivity index (χ2n) is 3.21. The molecule has 1 aromatic carbocycles. The van der Waals surface area contributed by atoms with Crippen molar-refractivity contribution in [3.8, 4) is 6.07 Å². The van der Waals surface area contributed by atoms with E-state index >= 15 is 0 Å². The molecule has 4 N–H and O–H groups in total. The van der Waals surface area contributed by atoms with Crippen molar-refractivity contribution in [2.24, 2.45) is 5.73 Å². The van der Waals surface area contributed by atoms with Crippen LogP contribution in [0, 0.1) is 11.3 Å². The van der Waals surface area contributed by atoms with Crippen LogP contribution >= 0.6 is 0 Å². The fourth-order valence-electron chi connectivity index (χ4n) is 1.11. The van der Waals surface area contributed by atoms with E-state index in [1.165, 1.54) is 0 Å². The summed E-state index contributed by atoms with van der Waals surface area (Å²) < 4.78 is 0. The Morgan fingerprint density at radius 1 is 1.38 bits per heavy atom.